The molecule has 2 amide bonds. The monoisotopic (exact) mass is 370 g/mol. The van der Waals surface area contributed by atoms with Gasteiger partial charge in [-0.05, 0) is 47.2 Å². The van der Waals surface area contributed by atoms with E-state index in [1.807, 2.05) is 24.3 Å². The first kappa shape index (κ1) is 16.8. The second-order valence-corrected chi connectivity index (χ2v) is 8.96. The molecule has 2 N–H and O–H groups in total. The summed E-state index contributed by atoms with van der Waals surface area (Å²) in [5.74, 6) is -1.66. The molecule has 0 bridgehead atoms. The molecule has 1 fully saturated rings. The number of anilines is 1. The molecule has 0 radical (unpaired) electrons. The van der Waals surface area contributed by atoms with Crippen molar-refractivity contribution in [2.75, 3.05) is 16.8 Å². The van der Waals surface area contributed by atoms with Gasteiger partial charge in [-0.3, -0.25) is 9.59 Å². The highest BCUT2D eigenvalue weighted by Gasteiger charge is 2.30. The van der Waals surface area contributed by atoms with Crippen LogP contribution in [-0.2, 0) is 25.8 Å². The highest BCUT2D eigenvalue weighted by atomic mass is 32.2. The van der Waals surface area contributed by atoms with Crippen LogP contribution in [0.3, 0.4) is 0 Å². The van der Waals surface area contributed by atoms with Crippen molar-refractivity contribution in [1.29, 1.82) is 0 Å². The summed E-state index contributed by atoms with van der Waals surface area (Å²) in [6.45, 7) is 0. The Morgan fingerprint density at radius 2 is 1.73 bits per heavy atom. The van der Waals surface area contributed by atoms with Gasteiger partial charge >= 0.3 is 11.8 Å². The molecule has 4 rings (SSSR count). The number of carbonyl (C=O) groups excluding carboxylic acids is 2. The first-order valence-corrected chi connectivity index (χ1v) is 10.3. The number of fused-ring (bicyclic) bond motifs is 3. The molecule has 1 saturated heterocycles. The van der Waals surface area contributed by atoms with Crippen molar-refractivity contribution in [3.63, 3.8) is 0 Å². The summed E-state index contributed by atoms with van der Waals surface area (Å²) in [6, 6.07) is 13.2. The van der Waals surface area contributed by atoms with E-state index in [4.69, 9.17) is 0 Å². The lowest BCUT2D eigenvalue weighted by molar-refractivity contribution is -0.136. The molecule has 26 heavy (non-hydrogen) atoms. The smallest absolute Gasteiger partial charge is 0.313 e. The van der Waals surface area contributed by atoms with Gasteiger partial charge in [-0.1, -0.05) is 30.3 Å². The normalized spacial score (nSPS) is 19.5. The number of hydrogen-bond donors (Lipinski definition) is 2. The van der Waals surface area contributed by atoms with Gasteiger partial charge in [0, 0.05) is 11.7 Å². The molecule has 2 aromatic rings. The molecule has 2 aromatic carbocycles. The fraction of sp³-hybridized carbons (Fsp3) is 0.263. The molecule has 1 atom stereocenters. The van der Waals surface area contributed by atoms with Gasteiger partial charge in [0.05, 0.1) is 11.5 Å². The predicted octanol–water partition coefficient (Wildman–Crippen LogP) is 1.50. The van der Waals surface area contributed by atoms with Crippen molar-refractivity contribution in [3.8, 4) is 11.1 Å². The van der Waals surface area contributed by atoms with E-state index >= 15 is 0 Å². The summed E-state index contributed by atoms with van der Waals surface area (Å²) in [6.07, 6.45) is 1.14. The molecule has 1 aliphatic carbocycles. The molecule has 134 valence electrons. The fourth-order valence-electron chi connectivity index (χ4n) is 3.57. The molecule has 6 nitrogen and oxygen atoms in total. The van der Waals surface area contributed by atoms with Gasteiger partial charge in [0.2, 0.25) is 0 Å². The van der Waals surface area contributed by atoms with E-state index < -0.39 is 27.7 Å². The highest BCUT2D eigenvalue weighted by Crippen LogP contribution is 2.37. The van der Waals surface area contributed by atoms with E-state index in [0.717, 1.165) is 17.5 Å². The van der Waals surface area contributed by atoms with E-state index in [0.29, 0.717) is 12.1 Å². The predicted molar refractivity (Wildman–Crippen MR) is 98.5 cm³/mol. The summed E-state index contributed by atoms with van der Waals surface area (Å²) in [4.78, 5) is 24.1. The van der Waals surface area contributed by atoms with Gasteiger partial charge in [-0.15, -0.1) is 0 Å². The Morgan fingerprint density at radius 3 is 2.50 bits per heavy atom. The zero-order valence-electron chi connectivity index (χ0n) is 14.0. The van der Waals surface area contributed by atoms with Crippen LogP contribution < -0.4 is 10.6 Å². The van der Waals surface area contributed by atoms with Crippen LogP contribution in [0.5, 0.6) is 0 Å². The number of sulfone groups is 1. The Hall–Kier alpha value is -2.67. The molecule has 0 aromatic heterocycles. The van der Waals surface area contributed by atoms with E-state index in [9.17, 15) is 18.0 Å². The lowest BCUT2D eigenvalue weighted by atomic mass is 10.1. The fourth-order valence-corrected chi connectivity index (χ4v) is 5.24. The number of nitrogens with one attached hydrogen (secondary N) is 2. The standard InChI is InChI=1S/C19H18N2O4S/c22-18(19(23)21-15-7-8-26(24,25)11-15)20-14-5-6-17-13(10-14)9-12-3-1-2-4-16(12)17/h1-6,10,15H,7-9,11H2,(H,20,22)(H,21,23). The van der Waals surface area contributed by atoms with Crippen molar-refractivity contribution >= 4 is 27.3 Å². The molecule has 0 spiro atoms. The minimum atomic E-state index is -3.11. The average molecular weight is 370 g/mol. The minimum absolute atomic E-state index is 0.0466. The number of hydrogen-bond acceptors (Lipinski definition) is 4. The van der Waals surface area contributed by atoms with Crippen LogP contribution in [0.2, 0.25) is 0 Å². The summed E-state index contributed by atoms with van der Waals surface area (Å²) >= 11 is 0. The number of amides is 2. The molecule has 1 unspecified atom stereocenters. The maximum Gasteiger partial charge on any atom is 0.313 e. The third kappa shape index (κ3) is 3.22. The summed E-state index contributed by atoms with van der Waals surface area (Å²) in [5, 5.41) is 5.08. The van der Waals surface area contributed by atoms with E-state index in [1.54, 1.807) is 6.07 Å². The first-order chi connectivity index (χ1) is 12.4. The molecule has 0 saturated carbocycles. The summed E-state index contributed by atoms with van der Waals surface area (Å²) in [5.41, 5.74) is 5.23. The lowest BCUT2D eigenvalue weighted by Gasteiger charge is -2.11. The quantitative estimate of drug-likeness (QED) is 0.669. The maximum absolute atomic E-state index is 12.1. The second-order valence-electron chi connectivity index (χ2n) is 6.73. The Balaban J connectivity index is 1.43. The molecule has 1 aliphatic heterocycles. The topological polar surface area (TPSA) is 92.3 Å². The lowest BCUT2D eigenvalue weighted by Crippen LogP contribution is -2.42. The number of benzene rings is 2. The molecule has 1 heterocycles. The van der Waals surface area contributed by atoms with Gasteiger partial charge in [-0.2, -0.15) is 0 Å². The van der Waals surface area contributed by atoms with Gasteiger partial charge < -0.3 is 10.6 Å². The van der Waals surface area contributed by atoms with Crippen LogP contribution >= 0.6 is 0 Å². The van der Waals surface area contributed by atoms with E-state index in [1.165, 1.54) is 11.1 Å². The molecule has 7 heteroatoms. The van der Waals surface area contributed by atoms with Crippen molar-refractivity contribution in [2.45, 2.75) is 18.9 Å². The highest BCUT2D eigenvalue weighted by molar-refractivity contribution is 7.91. The van der Waals surface area contributed by atoms with Crippen molar-refractivity contribution in [3.05, 3.63) is 53.6 Å². The van der Waals surface area contributed by atoms with Crippen molar-refractivity contribution < 1.29 is 18.0 Å². The second kappa shape index (κ2) is 6.25. The number of carbonyl (C=O) groups is 2. The van der Waals surface area contributed by atoms with Gasteiger partial charge in [0.25, 0.3) is 0 Å². The van der Waals surface area contributed by atoms with Gasteiger partial charge in [-0.25, -0.2) is 8.42 Å². The number of rotatable bonds is 2. The van der Waals surface area contributed by atoms with Gasteiger partial charge in [0.1, 0.15) is 0 Å². The van der Waals surface area contributed by atoms with Crippen LogP contribution in [-0.4, -0.2) is 37.8 Å². The maximum atomic E-state index is 12.1. The summed E-state index contributed by atoms with van der Waals surface area (Å²) < 4.78 is 22.9. The Bertz CT molecular complexity index is 1010. The van der Waals surface area contributed by atoms with Crippen LogP contribution in [0.15, 0.2) is 42.5 Å². The SMILES string of the molecule is O=C(Nc1ccc2c(c1)Cc1ccccc1-2)C(=O)NC1CCS(=O)(=O)C1. The third-order valence-electron chi connectivity index (χ3n) is 4.83. The van der Waals surface area contributed by atoms with Gasteiger partial charge in [0.15, 0.2) is 9.84 Å². The van der Waals surface area contributed by atoms with E-state index in [2.05, 4.69) is 22.8 Å². The third-order valence-corrected chi connectivity index (χ3v) is 6.59. The summed E-state index contributed by atoms with van der Waals surface area (Å²) in [7, 11) is -3.11. The van der Waals surface area contributed by atoms with Crippen molar-refractivity contribution in [2.24, 2.45) is 0 Å². The van der Waals surface area contributed by atoms with Crippen LogP contribution in [0.4, 0.5) is 5.69 Å². The Kier molecular flexibility index (Phi) is 4.03. The first-order valence-electron chi connectivity index (χ1n) is 8.45. The minimum Gasteiger partial charge on any atom is -0.344 e. The average Bonchev–Trinajstić information content (AvgIpc) is 3.13. The molecular weight excluding hydrogens is 352 g/mol. The zero-order valence-corrected chi connectivity index (χ0v) is 14.8. The van der Waals surface area contributed by atoms with Crippen LogP contribution in [0.1, 0.15) is 17.5 Å². The van der Waals surface area contributed by atoms with E-state index in [-0.39, 0.29) is 11.5 Å². The zero-order chi connectivity index (χ0) is 18.3. The Morgan fingerprint density at radius 1 is 0.962 bits per heavy atom. The van der Waals surface area contributed by atoms with Crippen LogP contribution in [0, 0.1) is 0 Å². The van der Waals surface area contributed by atoms with Crippen LogP contribution in [0.25, 0.3) is 11.1 Å². The van der Waals surface area contributed by atoms with Crippen molar-refractivity contribution in [1.82, 2.24) is 5.32 Å². The molecule has 2 aliphatic rings. The Labute approximate surface area is 151 Å². The molecular formula is C19H18N2O4S. The largest absolute Gasteiger partial charge is 0.344 e.